The highest BCUT2D eigenvalue weighted by Crippen LogP contribution is 2.25. The van der Waals surface area contributed by atoms with Gasteiger partial charge < -0.3 is 9.84 Å². The molecule has 0 bridgehead atoms. The smallest absolute Gasteiger partial charge is 0.309 e. The van der Waals surface area contributed by atoms with Gasteiger partial charge in [0.25, 0.3) is 0 Å². The standard InChI is InChI=1S/C14H17NO3/c1-14(2,13(16)17)9-10-5-3-4-6-11(10)12-15-7-8-18-12/h3-6H,7-9H2,1-2H3,(H,16,17). The molecule has 0 amide bonds. The number of aliphatic carboxylic acids is 1. The van der Waals surface area contributed by atoms with Gasteiger partial charge in [-0.15, -0.1) is 0 Å². The molecule has 0 aromatic heterocycles. The molecule has 4 nitrogen and oxygen atoms in total. The number of nitrogens with zero attached hydrogens (tertiary/aromatic N) is 1. The van der Waals surface area contributed by atoms with Crippen molar-refractivity contribution in [1.29, 1.82) is 0 Å². The molecule has 1 aliphatic rings. The highest BCUT2D eigenvalue weighted by Gasteiger charge is 2.29. The fraction of sp³-hybridized carbons (Fsp3) is 0.429. The summed E-state index contributed by atoms with van der Waals surface area (Å²) in [5, 5.41) is 9.20. The molecule has 0 aliphatic carbocycles. The highest BCUT2D eigenvalue weighted by molar-refractivity contribution is 5.96. The van der Waals surface area contributed by atoms with Crippen molar-refractivity contribution in [3.63, 3.8) is 0 Å². The van der Waals surface area contributed by atoms with E-state index in [9.17, 15) is 9.90 Å². The predicted octanol–water partition coefficient (Wildman–Crippen LogP) is 2.12. The Hall–Kier alpha value is -1.84. The van der Waals surface area contributed by atoms with Gasteiger partial charge in [0.15, 0.2) is 0 Å². The molecule has 0 radical (unpaired) electrons. The summed E-state index contributed by atoms with van der Waals surface area (Å²) in [6.45, 7) is 4.73. The van der Waals surface area contributed by atoms with E-state index in [0.717, 1.165) is 11.1 Å². The summed E-state index contributed by atoms with van der Waals surface area (Å²) in [6.07, 6.45) is 0.459. The summed E-state index contributed by atoms with van der Waals surface area (Å²) in [5.74, 6) is -0.168. The van der Waals surface area contributed by atoms with Gasteiger partial charge in [-0.05, 0) is 31.9 Å². The van der Waals surface area contributed by atoms with Gasteiger partial charge in [0.05, 0.1) is 12.0 Å². The molecular formula is C14H17NO3. The van der Waals surface area contributed by atoms with Crippen LogP contribution in [0.1, 0.15) is 25.0 Å². The lowest BCUT2D eigenvalue weighted by Crippen LogP contribution is -2.27. The number of benzene rings is 1. The summed E-state index contributed by atoms with van der Waals surface area (Å²) in [4.78, 5) is 15.5. The molecule has 1 N–H and O–H groups in total. The summed E-state index contributed by atoms with van der Waals surface area (Å²) >= 11 is 0. The van der Waals surface area contributed by atoms with E-state index in [1.54, 1.807) is 13.8 Å². The van der Waals surface area contributed by atoms with E-state index in [-0.39, 0.29) is 0 Å². The van der Waals surface area contributed by atoms with Crippen LogP contribution in [0, 0.1) is 5.41 Å². The Morgan fingerprint density at radius 2 is 2.17 bits per heavy atom. The number of rotatable bonds is 4. The maximum Gasteiger partial charge on any atom is 0.309 e. The summed E-state index contributed by atoms with van der Waals surface area (Å²) in [5.41, 5.74) is 1.07. The Labute approximate surface area is 106 Å². The number of carboxylic acids is 1. The zero-order valence-corrected chi connectivity index (χ0v) is 10.6. The zero-order valence-electron chi connectivity index (χ0n) is 10.6. The monoisotopic (exact) mass is 247 g/mol. The van der Waals surface area contributed by atoms with Crippen molar-refractivity contribution in [1.82, 2.24) is 0 Å². The molecule has 1 aliphatic heterocycles. The van der Waals surface area contributed by atoms with Crippen molar-refractivity contribution in [3.8, 4) is 0 Å². The molecule has 0 saturated carbocycles. The number of ether oxygens (including phenoxy) is 1. The largest absolute Gasteiger partial charge is 0.481 e. The number of hydrogen-bond acceptors (Lipinski definition) is 3. The molecular weight excluding hydrogens is 230 g/mol. The second-order valence-electron chi connectivity index (χ2n) is 5.06. The van der Waals surface area contributed by atoms with Gasteiger partial charge in [-0.3, -0.25) is 4.79 Å². The third-order valence-corrected chi connectivity index (χ3v) is 3.04. The number of aliphatic imine (C=N–C) groups is 1. The first kappa shape index (κ1) is 12.6. The van der Waals surface area contributed by atoms with Crippen LogP contribution in [0.3, 0.4) is 0 Å². The first-order chi connectivity index (χ1) is 8.50. The molecule has 0 spiro atoms. The van der Waals surface area contributed by atoms with Gasteiger partial charge in [0.1, 0.15) is 6.61 Å². The second kappa shape index (κ2) is 4.80. The van der Waals surface area contributed by atoms with Crippen LogP contribution in [0.25, 0.3) is 0 Å². The third-order valence-electron chi connectivity index (χ3n) is 3.04. The first-order valence-electron chi connectivity index (χ1n) is 5.99. The molecule has 2 rings (SSSR count). The molecule has 1 aromatic rings. The Bertz CT molecular complexity index is 492. The van der Waals surface area contributed by atoms with E-state index in [1.807, 2.05) is 24.3 Å². The Morgan fingerprint density at radius 3 is 2.78 bits per heavy atom. The van der Waals surface area contributed by atoms with E-state index in [4.69, 9.17) is 4.74 Å². The third kappa shape index (κ3) is 2.53. The fourth-order valence-corrected chi connectivity index (χ4v) is 1.93. The summed E-state index contributed by atoms with van der Waals surface area (Å²) in [7, 11) is 0. The maximum atomic E-state index is 11.2. The van der Waals surface area contributed by atoms with E-state index >= 15 is 0 Å². The van der Waals surface area contributed by atoms with Gasteiger partial charge >= 0.3 is 5.97 Å². The van der Waals surface area contributed by atoms with Crippen LogP contribution in [-0.4, -0.2) is 30.1 Å². The van der Waals surface area contributed by atoms with Crippen LogP contribution in [-0.2, 0) is 16.0 Å². The molecule has 0 saturated heterocycles. The number of hydrogen-bond donors (Lipinski definition) is 1. The molecule has 0 atom stereocenters. The lowest BCUT2D eigenvalue weighted by Gasteiger charge is -2.20. The lowest BCUT2D eigenvalue weighted by atomic mass is 9.84. The van der Waals surface area contributed by atoms with Crippen LogP contribution in [0.5, 0.6) is 0 Å². The fourth-order valence-electron chi connectivity index (χ4n) is 1.93. The second-order valence-corrected chi connectivity index (χ2v) is 5.06. The predicted molar refractivity (Wildman–Crippen MR) is 68.9 cm³/mol. The van der Waals surface area contributed by atoms with Crippen LogP contribution < -0.4 is 0 Å². The van der Waals surface area contributed by atoms with Crippen molar-refractivity contribution >= 4 is 11.9 Å². The minimum atomic E-state index is -0.799. The van der Waals surface area contributed by atoms with E-state index in [2.05, 4.69) is 4.99 Å². The maximum absolute atomic E-state index is 11.2. The molecule has 0 fully saturated rings. The van der Waals surface area contributed by atoms with Gasteiger partial charge in [-0.1, -0.05) is 18.2 Å². The van der Waals surface area contributed by atoms with Crippen molar-refractivity contribution < 1.29 is 14.6 Å². The van der Waals surface area contributed by atoms with E-state index < -0.39 is 11.4 Å². The quantitative estimate of drug-likeness (QED) is 0.886. The van der Waals surface area contributed by atoms with E-state index in [0.29, 0.717) is 25.5 Å². The SMILES string of the molecule is CC(C)(Cc1ccccc1C1=NCCO1)C(=O)O. The van der Waals surface area contributed by atoms with Crippen LogP contribution in [0.4, 0.5) is 0 Å². The van der Waals surface area contributed by atoms with E-state index in [1.165, 1.54) is 0 Å². The minimum absolute atomic E-state index is 0.459. The highest BCUT2D eigenvalue weighted by atomic mass is 16.5. The average Bonchev–Trinajstić information content (AvgIpc) is 2.82. The summed E-state index contributed by atoms with van der Waals surface area (Å²) in [6, 6.07) is 7.69. The average molecular weight is 247 g/mol. The Kier molecular flexibility index (Phi) is 3.36. The molecule has 1 aromatic carbocycles. The number of carboxylic acid groups (broad SMARTS) is 1. The topological polar surface area (TPSA) is 58.9 Å². The Balaban J connectivity index is 2.31. The van der Waals surface area contributed by atoms with Gasteiger partial charge in [-0.25, -0.2) is 4.99 Å². The number of carbonyl (C=O) groups is 1. The first-order valence-corrected chi connectivity index (χ1v) is 5.99. The van der Waals surface area contributed by atoms with Crippen molar-refractivity contribution in [3.05, 3.63) is 35.4 Å². The summed E-state index contributed by atoms with van der Waals surface area (Å²) < 4.78 is 5.46. The molecule has 18 heavy (non-hydrogen) atoms. The lowest BCUT2D eigenvalue weighted by molar-refractivity contribution is -0.146. The van der Waals surface area contributed by atoms with Crippen molar-refractivity contribution in [2.45, 2.75) is 20.3 Å². The van der Waals surface area contributed by atoms with Gasteiger partial charge in [0.2, 0.25) is 5.90 Å². The molecule has 1 heterocycles. The molecule has 0 unspecified atom stereocenters. The zero-order chi connectivity index (χ0) is 13.2. The Morgan fingerprint density at radius 1 is 1.44 bits per heavy atom. The van der Waals surface area contributed by atoms with Crippen LogP contribution in [0.15, 0.2) is 29.3 Å². The minimum Gasteiger partial charge on any atom is -0.481 e. The van der Waals surface area contributed by atoms with Crippen LogP contribution >= 0.6 is 0 Å². The van der Waals surface area contributed by atoms with Crippen LogP contribution in [0.2, 0.25) is 0 Å². The van der Waals surface area contributed by atoms with Gasteiger partial charge in [0, 0.05) is 5.56 Å². The normalized spacial score (nSPS) is 15.1. The van der Waals surface area contributed by atoms with Gasteiger partial charge in [-0.2, -0.15) is 0 Å². The van der Waals surface area contributed by atoms with Crippen molar-refractivity contribution in [2.75, 3.05) is 13.2 Å². The molecule has 4 heteroatoms. The van der Waals surface area contributed by atoms with Crippen molar-refractivity contribution in [2.24, 2.45) is 10.4 Å². The molecule has 96 valence electrons.